The molecular formula is C24H26BrN7O4. The predicted octanol–water partition coefficient (Wildman–Crippen LogP) is 4.29. The van der Waals surface area contributed by atoms with Crippen LogP contribution in [0, 0.1) is 0 Å². The summed E-state index contributed by atoms with van der Waals surface area (Å²) in [5.41, 5.74) is 4.43. The fourth-order valence-corrected chi connectivity index (χ4v) is 4.18. The van der Waals surface area contributed by atoms with Crippen molar-refractivity contribution in [1.29, 1.82) is 0 Å². The molecule has 0 spiro atoms. The lowest BCUT2D eigenvalue weighted by atomic mass is 10.1. The predicted molar refractivity (Wildman–Crippen MR) is 141 cm³/mol. The summed E-state index contributed by atoms with van der Waals surface area (Å²) in [6.45, 7) is 1.30. The minimum Gasteiger partial charge on any atom is -0.493 e. The van der Waals surface area contributed by atoms with E-state index in [9.17, 15) is 4.79 Å². The first-order valence-corrected chi connectivity index (χ1v) is 12.2. The fraction of sp³-hybridized carbons (Fsp3) is 0.292. The number of piperidine rings is 1. The third-order valence-corrected chi connectivity index (χ3v) is 5.85. The Morgan fingerprint density at radius 3 is 2.61 bits per heavy atom. The molecule has 0 atom stereocenters. The van der Waals surface area contributed by atoms with E-state index >= 15 is 0 Å². The number of aliphatic carboxylic acids is 1. The molecule has 12 heteroatoms. The molecule has 188 valence electrons. The van der Waals surface area contributed by atoms with Crippen molar-refractivity contribution >= 4 is 51.6 Å². The van der Waals surface area contributed by atoms with Gasteiger partial charge < -0.3 is 24.8 Å². The Hall–Kier alpha value is -3.93. The summed E-state index contributed by atoms with van der Waals surface area (Å²) in [4.78, 5) is 26.6. The SMILES string of the molecule is COc1cc(/C=N/Nc2nc(Nc3ccccc3)nc(N3CCCCC3)n2)cc(Br)c1OCC(=O)O. The minimum atomic E-state index is -1.08. The molecule has 1 aromatic heterocycles. The van der Waals surface area contributed by atoms with Crippen molar-refractivity contribution in [3.05, 3.63) is 52.5 Å². The fourth-order valence-electron chi connectivity index (χ4n) is 3.61. The number of halogens is 1. The van der Waals surface area contributed by atoms with E-state index in [0.29, 0.717) is 39.4 Å². The van der Waals surface area contributed by atoms with Crippen LogP contribution in [0.15, 0.2) is 52.0 Å². The molecular weight excluding hydrogens is 530 g/mol. The molecule has 1 aliphatic rings. The number of carboxylic acid groups (broad SMARTS) is 1. The number of rotatable bonds is 10. The van der Waals surface area contributed by atoms with Crippen molar-refractivity contribution in [1.82, 2.24) is 15.0 Å². The van der Waals surface area contributed by atoms with Crippen LogP contribution in [0.2, 0.25) is 0 Å². The third-order valence-electron chi connectivity index (χ3n) is 5.26. The van der Waals surface area contributed by atoms with Gasteiger partial charge in [-0.1, -0.05) is 18.2 Å². The number of para-hydroxylation sites is 1. The van der Waals surface area contributed by atoms with Crippen LogP contribution in [0.4, 0.5) is 23.5 Å². The van der Waals surface area contributed by atoms with Crippen LogP contribution in [0.25, 0.3) is 0 Å². The number of hydrogen-bond acceptors (Lipinski definition) is 10. The van der Waals surface area contributed by atoms with Gasteiger partial charge in [0, 0.05) is 18.8 Å². The summed E-state index contributed by atoms with van der Waals surface area (Å²) in [6.07, 6.45) is 4.96. The number of nitrogens with zero attached hydrogens (tertiary/aromatic N) is 5. The second kappa shape index (κ2) is 12.2. The van der Waals surface area contributed by atoms with E-state index < -0.39 is 12.6 Å². The van der Waals surface area contributed by atoms with Gasteiger partial charge in [0.15, 0.2) is 18.1 Å². The zero-order valence-electron chi connectivity index (χ0n) is 19.6. The minimum absolute atomic E-state index is 0.297. The van der Waals surface area contributed by atoms with Crippen LogP contribution in [0.5, 0.6) is 11.5 Å². The van der Waals surface area contributed by atoms with Crippen molar-refractivity contribution in [3.8, 4) is 11.5 Å². The first-order valence-electron chi connectivity index (χ1n) is 11.4. The number of aromatic nitrogens is 3. The van der Waals surface area contributed by atoms with Crippen LogP contribution in [0.1, 0.15) is 24.8 Å². The highest BCUT2D eigenvalue weighted by molar-refractivity contribution is 9.10. The molecule has 0 radical (unpaired) electrons. The number of ether oxygens (including phenoxy) is 2. The molecule has 1 saturated heterocycles. The number of carboxylic acids is 1. The first-order chi connectivity index (χ1) is 17.5. The van der Waals surface area contributed by atoms with Gasteiger partial charge in [-0.25, -0.2) is 10.2 Å². The van der Waals surface area contributed by atoms with Gasteiger partial charge in [0.05, 0.1) is 17.8 Å². The molecule has 4 rings (SSSR count). The summed E-state index contributed by atoms with van der Waals surface area (Å²) in [5.74, 6) is 0.886. The van der Waals surface area contributed by atoms with Crippen LogP contribution in [-0.4, -0.2) is 59.0 Å². The molecule has 2 aromatic carbocycles. The number of anilines is 4. The number of benzene rings is 2. The van der Waals surface area contributed by atoms with E-state index in [2.05, 4.69) is 51.6 Å². The molecule has 3 N–H and O–H groups in total. The lowest BCUT2D eigenvalue weighted by molar-refractivity contribution is -0.139. The van der Waals surface area contributed by atoms with Gasteiger partial charge in [0.1, 0.15) is 0 Å². The lowest BCUT2D eigenvalue weighted by Crippen LogP contribution is -2.31. The molecule has 3 aromatic rings. The largest absolute Gasteiger partial charge is 0.493 e. The maximum atomic E-state index is 10.8. The summed E-state index contributed by atoms with van der Waals surface area (Å²) in [7, 11) is 1.47. The van der Waals surface area contributed by atoms with Gasteiger partial charge in [0.2, 0.25) is 17.8 Å². The quantitative estimate of drug-likeness (QED) is 0.245. The molecule has 36 heavy (non-hydrogen) atoms. The Morgan fingerprint density at radius 2 is 1.89 bits per heavy atom. The van der Waals surface area contributed by atoms with Crippen molar-refractivity contribution in [2.75, 3.05) is 42.4 Å². The number of hydrazone groups is 1. The van der Waals surface area contributed by atoms with Gasteiger partial charge in [0.25, 0.3) is 0 Å². The Labute approximate surface area is 216 Å². The van der Waals surface area contributed by atoms with Crippen molar-refractivity contribution < 1.29 is 19.4 Å². The highest BCUT2D eigenvalue weighted by Gasteiger charge is 2.17. The molecule has 1 fully saturated rings. The molecule has 11 nitrogen and oxygen atoms in total. The second-order valence-corrected chi connectivity index (χ2v) is 8.76. The Balaban J connectivity index is 1.54. The molecule has 0 bridgehead atoms. The van der Waals surface area contributed by atoms with Gasteiger partial charge in [-0.05, 0) is 65.0 Å². The Bertz CT molecular complexity index is 1220. The monoisotopic (exact) mass is 555 g/mol. The van der Waals surface area contributed by atoms with E-state index in [-0.39, 0.29) is 0 Å². The molecule has 0 aliphatic carbocycles. The maximum absolute atomic E-state index is 10.8. The summed E-state index contributed by atoms with van der Waals surface area (Å²) in [6, 6.07) is 13.1. The second-order valence-electron chi connectivity index (χ2n) is 7.91. The Kier molecular flexibility index (Phi) is 8.50. The van der Waals surface area contributed by atoms with Crippen LogP contribution >= 0.6 is 15.9 Å². The average molecular weight is 556 g/mol. The van der Waals surface area contributed by atoms with Crippen molar-refractivity contribution in [2.24, 2.45) is 5.10 Å². The standard InChI is InChI=1S/C24H26BrN7O4/c1-35-19-13-16(12-18(25)21(19)36-15-20(33)34)14-26-31-23-28-22(27-17-8-4-2-5-9-17)29-24(30-23)32-10-6-3-7-11-32/h2,4-5,8-9,12-14H,3,6-7,10-11,15H2,1H3,(H,33,34)(H2,27,28,29,30,31)/b26-14+. The van der Waals surface area contributed by atoms with Gasteiger partial charge >= 0.3 is 5.97 Å². The van der Waals surface area contributed by atoms with Gasteiger partial charge in [-0.3, -0.25) is 0 Å². The normalized spacial score (nSPS) is 13.4. The highest BCUT2D eigenvalue weighted by Crippen LogP contribution is 2.36. The van der Waals surface area contributed by atoms with E-state index in [1.54, 1.807) is 18.3 Å². The van der Waals surface area contributed by atoms with Crippen LogP contribution in [-0.2, 0) is 4.79 Å². The third kappa shape index (κ3) is 6.81. The van der Waals surface area contributed by atoms with Gasteiger partial charge in [-0.2, -0.15) is 20.1 Å². The highest BCUT2D eigenvalue weighted by atomic mass is 79.9. The average Bonchev–Trinajstić information content (AvgIpc) is 2.88. The smallest absolute Gasteiger partial charge is 0.341 e. The number of carbonyl (C=O) groups is 1. The summed E-state index contributed by atoms with van der Waals surface area (Å²) < 4.78 is 11.2. The van der Waals surface area contributed by atoms with Gasteiger partial charge in [-0.15, -0.1) is 0 Å². The molecule has 2 heterocycles. The van der Waals surface area contributed by atoms with E-state index in [4.69, 9.17) is 14.6 Å². The zero-order chi connectivity index (χ0) is 25.3. The molecule has 1 aliphatic heterocycles. The lowest BCUT2D eigenvalue weighted by Gasteiger charge is -2.26. The summed E-state index contributed by atoms with van der Waals surface area (Å²) >= 11 is 3.39. The van der Waals surface area contributed by atoms with Crippen molar-refractivity contribution in [2.45, 2.75) is 19.3 Å². The summed E-state index contributed by atoms with van der Waals surface area (Å²) in [5, 5.41) is 16.4. The maximum Gasteiger partial charge on any atom is 0.341 e. The van der Waals surface area contributed by atoms with E-state index in [0.717, 1.165) is 31.6 Å². The van der Waals surface area contributed by atoms with E-state index in [1.807, 2.05) is 30.3 Å². The zero-order valence-corrected chi connectivity index (χ0v) is 21.2. The molecule has 0 amide bonds. The molecule has 0 unspecified atom stereocenters. The first kappa shape index (κ1) is 25.2. The Morgan fingerprint density at radius 1 is 1.14 bits per heavy atom. The molecule has 0 saturated carbocycles. The number of methoxy groups -OCH3 is 1. The number of nitrogens with one attached hydrogen (secondary N) is 2. The number of hydrogen-bond donors (Lipinski definition) is 3. The van der Waals surface area contributed by atoms with Crippen molar-refractivity contribution in [3.63, 3.8) is 0 Å². The van der Waals surface area contributed by atoms with Crippen LogP contribution in [0.3, 0.4) is 0 Å². The topological polar surface area (TPSA) is 134 Å². The van der Waals surface area contributed by atoms with Crippen LogP contribution < -0.4 is 25.1 Å². The van der Waals surface area contributed by atoms with E-state index in [1.165, 1.54) is 13.5 Å².